The predicted octanol–water partition coefficient (Wildman–Crippen LogP) is 16.0. The van der Waals surface area contributed by atoms with Crippen molar-refractivity contribution in [3.63, 3.8) is 0 Å². The van der Waals surface area contributed by atoms with Crippen molar-refractivity contribution in [2.24, 2.45) is 0 Å². The molecule has 13 aromatic rings. The minimum atomic E-state index is -0.485. The lowest BCUT2D eigenvalue weighted by Crippen LogP contribution is -2.01. The molecule has 13 rings (SSSR count). The van der Waals surface area contributed by atoms with Crippen LogP contribution >= 0.6 is 11.3 Å². The van der Waals surface area contributed by atoms with Crippen molar-refractivity contribution in [1.82, 2.24) is 19.5 Å². The van der Waals surface area contributed by atoms with E-state index in [9.17, 15) is 0 Å². The van der Waals surface area contributed by atoms with Crippen LogP contribution in [0.15, 0.2) is 218 Å². The summed E-state index contributed by atoms with van der Waals surface area (Å²) in [6.45, 7) is 0. The van der Waals surface area contributed by atoms with Crippen molar-refractivity contribution in [1.29, 1.82) is 0 Å². The number of fused-ring (bicyclic) bond motifs is 9. The molecule has 0 atom stereocenters. The van der Waals surface area contributed by atoms with Gasteiger partial charge in [-0.3, -0.25) is 0 Å². The number of para-hydroxylation sites is 2. The van der Waals surface area contributed by atoms with Gasteiger partial charge in [0.25, 0.3) is 0 Å². The van der Waals surface area contributed by atoms with Crippen LogP contribution < -0.4 is 0 Å². The van der Waals surface area contributed by atoms with Crippen LogP contribution in [-0.4, -0.2) is 19.5 Å². The fourth-order valence-corrected chi connectivity index (χ4v) is 10.6. The van der Waals surface area contributed by atoms with E-state index in [2.05, 4.69) is 162 Å². The summed E-state index contributed by atoms with van der Waals surface area (Å²) < 4.78 is 48.2. The molecule has 0 saturated carbocycles. The molecule has 4 nitrogen and oxygen atoms in total. The van der Waals surface area contributed by atoms with E-state index >= 15 is 0 Å². The van der Waals surface area contributed by atoms with Crippen LogP contribution in [0.5, 0.6) is 0 Å². The van der Waals surface area contributed by atoms with Crippen LogP contribution in [0.3, 0.4) is 0 Å². The number of thiophene rings is 1. The van der Waals surface area contributed by atoms with Gasteiger partial charge in [-0.25, -0.2) is 15.0 Å². The third-order valence-corrected chi connectivity index (χ3v) is 13.5. The summed E-state index contributed by atoms with van der Waals surface area (Å²) in [5.41, 5.74) is 8.73. The first-order valence-electron chi connectivity index (χ1n) is 23.7. The van der Waals surface area contributed by atoms with Gasteiger partial charge in [0, 0.05) is 53.3 Å². The zero-order valence-corrected chi connectivity index (χ0v) is 34.9. The van der Waals surface area contributed by atoms with Gasteiger partial charge in [0.1, 0.15) is 0 Å². The maximum atomic E-state index is 9.10. The molecular weight excluding hydrogens is 797 g/mol. The van der Waals surface area contributed by atoms with Crippen LogP contribution in [0.1, 0.15) is 6.85 Å². The van der Waals surface area contributed by atoms with Gasteiger partial charge in [-0.2, -0.15) is 0 Å². The van der Waals surface area contributed by atoms with Gasteiger partial charge in [-0.05, 0) is 86.3 Å². The molecule has 10 aromatic carbocycles. The quantitative estimate of drug-likeness (QED) is 0.157. The fourth-order valence-electron chi connectivity index (χ4n) is 9.40. The van der Waals surface area contributed by atoms with E-state index in [0.717, 1.165) is 97.0 Å². The van der Waals surface area contributed by atoms with Gasteiger partial charge >= 0.3 is 0 Å². The Morgan fingerprint density at radius 2 is 1.03 bits per heavy atom. The third kappa shape index (κ3) is 5.93. The Morgan fingerprint density at radius 1 is 0.391 bits per heavy atom. The number of hydrogen-bond donors (Lipinski definition) is 0. The van der Waals surface area contributed by atoms with Gasteiger partial charge in [-0.1, -0.05) is 176 Å². The third-order valence-electron chi connectivity index (χ3n) is 12.3. The van der Waals surface area contributed by atoms with Crippen molar-refractivity contribution >= 4 is 74.9 Å². The van der Waals surface area contributed by atoms with E-state index in [1.165, 1.54) is 0 Å². The van der Waals surface area contributed by atoms with Gasteiger partial charge in [-0.15, -0.1) is 11.3 Å². The Hall–Kier alpha value is -8.25. The monoisotopic (exact) mass is 837 g/mol. The average Bonchev–Trinajstić information content (AvgIpc) is 3.95. The van der Waals surface area contributed by atoms with E-state index in [1.54, 1.807) is 11.3 Å². The first-order valence-corrected chi connectivity index (χ1v) is 22.0. The number of aromatic nitrogens is 4. The van der Waals surface area contributed by atoms with Gasteiger partial charge in [0.2, 0.25) is 0 Å². The molecule has 0 N–H and O–H groups in total. The van der Waals surface area contributed by atoms with Gasteiger partial charge < -0.3 is 4.57 Å². The van der Waals surface area contributed by atoms with Crippen LogP contribution in [0, 0.1) is 0 Å². The summed E-state index contributed by atoms with van der Waals surface area (Å²) in [4.78, 5) is 15.4. The lowest BCUT2D eigenvalue weighted by atomic mass is 9.95. The molecule has 0 aliphatic carbocycles. The molecule has 0 saturated heterocycles. The normalized spacial score (nSPS) is 12.8. The van der Waals surface area contributed by atoms with Crippen molar-refractivity contribution in [2.75, 3.05) is 0 Å². The Morgan fingerprint density at radius 3 is 1.84 bits per heavy atom. The molecule has 3 heterocycles. The van der Waals surface area contributed by atoms with E-state index in [-0.39, 0.29) is 23.5 Å². The average molecular weight is 838 g/mol. The van der Waals surface area contributed by atoms with Crippen molar-refractivity contribution in [3.8, 4) is 62.1 Å². The first kappa shape index (κ1) is 31.6. The molecule has 0 aliphatic rings. The molecule has 3 aromatic heterocycles. The topological polar surface area (TPSA) is 43.6 Å². The Bertz CT molecular complexity index is 4200. The van der Waals surface area contributed by atoms with E-state index in [0.29, 0.717) is 17.2 Å². The molecule has 0 spiro atoms. The highest BCUT2D eigenvalue weighted by Crippen LogP contribution is 2.46. The zero-order valence-electron chi connectivity index (χ0n) is 39.1. The van der Waals surface area contributed by atoms with Crippen molar-refractivity contribution in [3.05, 3.63) is 218 Å². The van der Waals surface area contributed by atoms with Crippen LogP contribution in [-0.2, 0) is 0 Å². The minimum Gasteiger partial charge on any atom is -0.309 e. The SMILES string of the molecule is [2H]c1c([2H])c([2H])c(-c2nc(-c3ccc4c(ccc5ccccc54)c3)nc(-c3cc(-n4c5ccccc5c5ccccc54)cc4c3sc3cccc(-c5cccc(-c6ccccc6)c5)c34)n2)c([2H])c1[2H]. The summed E-state index contributed by atoms with van der Waals surface area (Å²) in [6.07, 6.45) is 0. The Labute approximate surface area is 380 Å². The first-order chi connectivity index (χ1) is 33.8. The molecule has 0 bridgehead atoms. The van der Waals surface area contributed by atoms with Crippen LogP contribution in [0.4, 0.5) is 0 Å². The van der Waals surface area contributed by atoms with E-state index in [4.69, 9.17) is 21.8 Å². The minimum absolute atomic E-state index is 0.0134. The smallest absolute Gasteiger partial charge is 0.165 e. The maximum Gasteiger partial charge on any atom is 0.165 e. The highest BCUT2D eigenvalue weighted by atomic mass is 32.1. The second-order valence-corrected chi connectivity index (χ2v) is 17.0. The molecule has 64 heavy (non-hydrogen) atoms. The summed E-state index contributed by atoms with van der Waals surface area (Å²) in [5.74, 6) is 0.611. The summed E-state index contributed by atoms with van der Waals surface area (Å²) in [7, 11) is 0. The second kappa shape index (κ2) is 14.7. The van der Waals surface area contributed by atoms with Crippen molar-refractivity contribution < 1.29 is 6.85 Å². The number of rotatable bonds is 6. The predicted molar refractivity (Wildman–Crippen MR) is 269 cm³/mol. The Kier molecular flexibility index (Phi) is 7.25. The number of nitrogens with zero attached hydrogens (tertiary/aromatic N) is 4. The largest absolute Gasteiger partial charge is 0.309 e. The summed E-state index contributed by atoms with van der Waals surface area (Å²) >= 11 is 1.66. The molecule has 0 fully saturated rings. The molecule has 0 aliphatic heterocycles. The lowest BCUT2D eigenvalue weighted by Gasteiger charge is -2.14. The van der Waals surface area contributed by atoms with Crippen molar-refractivity contribution in [2.45, 2.75) is 0 Å². The molecule has 5 heteroatoms. The molecule has 0 unspecified atom stereocenters. The van der Waals surface area contributed by atoms with Crippen LogP contribution in [0.2, 0.25) is 0 Å². The van der Waals surface area contributed by atoms with Crippen LogP contribution in [0.25, 0.3) is 126 Å². The zero-order chi connectivity index (χ0) is 46.5. The van der Waals surface area contributed by atoms with Gasteiger partial charge in [0.05, 0.1) is 17.9 Å². The number of hydrogen-bond acceptors (Lipinski definition) is 4. The number of benzene rings is 10. The highest BCUT2D eigenvalue weighted by Gasteiger charge is 2.22. The van der Waals surface area contributed by atoms with Gasteiger partial charge in [0.15, 0.2) is 17.5 Å². The summed E-state index contributed by atoms with van der Waals surface area (Å²) in [5, 5.41) is 8.66. The highest BCUT2D eigenvalue weighted by molar-refractivity contribution is 7.26. The standard InChI is InChI=1S/C59H36N4S/c1-3-15-37(16-4-1)40-20-13-21-41(33-40)47-25-14-28-54-55(47)50-35-44(63-52-26-11-9-23-48(52)49-24-10-12-27-53(49)63)36-51(56(50)64-54)59-61-57(39-18-5-2-6-19-39)60-58(62-59)43-31-32-46-42(34-43)30-29-38-17-7-8-22-45(38)46/h1-36H/i2D,5D,6D,18D,19D. The Balaban J connectivity index is 1.13. The molecular formula is C59H36N4S. The van der Waals surface area contributed by atoms with E-state index in [1.807, 2.05) is 30.3 Å². The fraction of sp³-hybridized carbons (Fsp3) is 0. The molecule has 298 valence electrons. The molecule has 0 radical (unpaired) electrons. The summed E-state index contributed by atoms with van der Waals surface area (Å²) in [6, 6.07) is 63.2. The maximum absolute atomic E-state index is 9.10. The van der Waals surface area contributed by atoms with E-state index < -0.39 is 18.1 Å². The second-order valence-electron chi connectivity index (χ2n) is 16.0. The lowest BCUT2D eigenvalue weighted by molar-refractivity contribution is 1.08. The molecule has 0 amide bonds.